The second-order valence-corrected chi connectivity index (χ2v) is 5.59. The van der Waals surface area contributed by atoms with E-state index in [2.05, 4.69) is 11.9 Å². The number of rotatable bonds is 5. The Balaban J connectivity index is 1.97. The summed E-state index contributed by atoms with van der Waals surface area (Å²) in [4.78, 5) is 12.3. The molecule has 1 aliphatic rings. The van der Waals surface area contributed by atoms with Crippen molar-refractivity contribution in [2.24, 2.45) is 0 Å². The lowest BCUT2D eigenvalue weighted by Gasteiger charge is -2.28. The molecule has 1 heterocycles. The van der Waals surface area contributed by atoms with E-state index in [4.69, 9.17) is 14.2 Å². The fraction of sp³-hybridized carbons (Fsp3) is 0.211. The molecule has 0 unspecified atom stereocenters. The van der Waals surface area contributed by atoms with E-state index in [0.29, 0.717) is 35.0 Å². The number of amides is 1. The molecular weight excluding hydrogens is 306 g/mol. The summed E-state index contributed by atoms with van der Waals surface area (Å²) in [6, 6.07) is 12.6. The van der Waals surface area contributed by atoms with Gasteiger partial charge in [-0.3, -0.25) is 4.79 Å². The zero-order valence-corrected chi connectivity index (χ0v) is 13.7. The van der Waals surface area contributed by atoms with E-state index in [9.17, 15) is 4.79 Å². The SMILES string of the molecule is C=C(C)COc1c(OC)cccc1[C@H]1NC(=O)c2ccccc2O1. The number of carbonyl (C=O) groups excluding carboxylic acids is 1. The molecule has 24 heavy (non-hydrogen) atoms. The van der Waals surface area contributed by atoms with E-state index in [1.165, 1.54) is 0 Å². The molecule has 0 radical (unpaired) electrons. The van der Waals surface area contributed by atoms with Crippen LogP contribution in [0, 0.1) is 0 Å². The van der Waals surface area contributed by atoms with E-state index >= 15 is 0 Å². The minimum atomic E-state index is -0.650. The van der Waals surface area contributed by atoms with Crippen molar-refractivity contribution in [1.82, 2.24) is 5.32 Å². The number of ether oxygens (including phenoxy) is 3. The van der Waals surface area contributed by atoms with Crippen LogP contribution in [0.4, 0.5) is 0 Å². The maximum atomic E-state index is 12.3. The fourth-order valence-corrected chi connectivity index (χ4v) is 2.50. The summed E-state index contributed by atoms with van der Waals surface area (Å²) < 4.78 is 17.2. The van der Waals surface area contributed by atoms with Gasteiger partial charge >= 0.3 is 0 Å². The molecule has 0 fully saturated rings. The first-order valence-electron chi connectivity index (χ1n) is 7.60. The van der Waals surface area contributed by atoms with Crippen molar-refractivity contribution in [3.8, 4) is 17.2 Å². The van der Waals surface area contributed by atoms with Crippen LogP contribution in [0.2, 0.25) is 0 Å². The molecule has 5 nitrogen and oxygen atoms in total. The van der Waals surface area contributed by atoms with Gasteiger partial charge in [0.25, 0.3) is 5.91 Å². The molecule has 124 valence electrons. The predicted octanol–water partition coefficient (Wildman–Crippen LogP) is 3.47. The van der Waals surface area contributed by atoms with E-state index in [0.717, 1.165) is 5.57 Å². The van der Waals surface area contributed by atoms with Crippen LogP contribution < -0.4 is 19.5 Å². The van der Waals surface area contributed by atoms with Crippen LogP contribution in [0.25, 0.3) is 0 Å². The van der Waals surface area contributed by atoms with E-state index < -0.39 is 6.23 Å². The van der Waals surface area contributed by atoms with Gasteiger partial charge in [0.05, 0.1) is 18.2 Å². The number of carbonyl (C=O) groups is 1. The van der Waals surface area contributed by atoms with Gasteiger partial charge in [-0.25, -0.2) is 0 Å². The van der Waals surface area contributed by atoms with Crippen LogP contribution in [0.15, 0.2) is 54.6 Å². The van der Waals surface area contributed by atoms with Crippen LogP contribution in [0.3, 0.4) is 0 Å². The van der Waals surface area contributed by atoms with Gasteiger partial charge in [0.1, 0.15) is 12.4 Å². The third-order valence-electron chi connectivity index (χ3n) is 3.61. The van der Waals surface area contributed by atoms with Crippen LogP contribution in [-0.4, -0.2) is 19.6 Å². The van der Waals surface area contributed by atoms with E-state index in [1.54, 1.807) is 31.4 Å². The van der Waals surface area contributed by atoms with Crippen LogP contribution in [0.5, 0.6) is 17.2 Å². The lowest BCUT2D eigenvalue weighted by Crippen LogP contribution is -2.37. The predicted molar refractivity (Wildman–Crippen MR) is 90.6 cm³/mol. The third-order valence-corrected chi connectivity index (χ3v) is 3.61. The minimum absolute atomic E-state index is 0.185. The Hall–Kier alpha value is -2.95. The van der Waals surface area contributed by atoms with Crippen molar-refractivity contribution in [3.05, 3.63) is 65.7 Å². The molecule has 2 aromatic carbocycles. The smallest absolute Gasteiger partial charge is 0.258 e. The summed E-state index contributed by atoms with van der Waals surface area (Å²) in [7, 11) is 1.57. The zero-order chi connectivity index (χ0) is 17.1. The number of hydrogen-bond acceptors (Lipinski definition) is 4. The molecule has 0 aromatic heterocycles. The average Bonchev–Trinajstić information content (AvgIpc) is 2.59. The number of methoxy groups -OCH3 is 1. The quantitative estimate of drug-likeness (QED) is 0.855. The molecule has 0 saturated heterocycles. The second kappa shape index (κ2) is 6.66. The second-order valence-electron chi connectivity index (χ2n) is 5.59. The van der Waals surface area contributed by atoms with Gasteiger partial charge in [0, 0.05) is 0 Å². The standard InChI is InChI=1S/C19H19NO4/c1-12(2)11-23-17-14(8-6-10-16(17)22-3)19-20-18(21)13-7-4-5-9-15(13)24-19/h4-10,19H,1,11H2,2-3H3,(H,20,21)/t19-/m0/s1. The number of nitrogens with one attached hydrogen (secondary N) is 1. The number of benzene rings is 2. The van der Waals surface area contributed by atoms with Gasteiger partial charge < -0.3 is 19.5 Å². The Morgan fingerprint density at radius 1 is 1.25 bits per heavy atom. The van der Waals surface area contributed by atoms with Gasteiger partial charge in [0.15, 0.2) is 11.5 Å². The third kappa shape index (κ3) is 3.06. The molecule has 3 rings (SSSR count). The van der Waals surface area contributed by atoms with Gasteiger partial charge in [-0.1, -0.05) is 24.8 Å². The first-order valence-corrected chi connectivity index (χ1v) is 7.60. The summed E-state index contributed by atoms with van der Waals surface area (Å²) in [6.07, 6.45) is -0.650. The average molecular weight is 325 g/mol. The molecule has 1 amide bonds. The highest BCUT2D eigenvalue weighted by molar-refractivity contribution is 5.98. The van der Waals surface area contributed by atoms with Crippen molar-refractivity contribution in [1.29, 1.82) is 0 Å². The first kappa shape index (κ1) is 15.9. The topological polar surface area (TPSA) is 56.8 Å². The van der Waals surface area contributed by atoms with Gasteiger partial charge in [-0.05, 0) is 36.8 Å². The largest absolute Gasteiger partial charge is 0.493 e. The highest BCUT2D eigenvalue weighted by Crippen LogP contribution is 2.38. The summed E-state index contributed by atoms with van der Waals surface area (Å²) in [6.45, 7) is 6.07. The molecule has 0 spiro atoms. The maximum absolute atomic E-state index is 12.3. The van der Waals surface area contributed by atoms with Crippen molar-refractivity contribution < 1.29 is 19.0 Å². The van der Waals surface area contributed by atoms with Crippen molar-refractivity contribution in [2.75, 3.05) is 13.7 Å². The summed E-state index contributed by atoms with van der Waals surface area (Å²) in [5, 5.41) is 2.85. The van der Waals surface area contributed by atoms with Crippen LogP contribution in [-0.2, 0) is 0 Å². The summed E-state index contributed by atoms with van der Waals surface area (Å²) in [5.41, 5.74) is 2.09. The van der Waals surface area contributed by atoms with Crippen molar-refractivity contribution in [2.45, 2.75) is 13.2 Å². The number of para-hydroxylation sites is 2. The van der Waals surface area contributed by atoms with Gasteiger partial charge in [0.2, 0.25) is 6.23 Å². The maximum Gasteiger partial charge on any atom is 0.258 e. The molecule has 2 aromatic rings. The van der Waals surface area contributed by atoms with Gasteiger partial charge in [-0.15, -0.1) is 0 Å². The Bertz CT molecular complexity index is 785. The van der Waals surface area contributed by atoms with E-state index in [-0.39, 0.29) is 5.91 Å². The van der Waals surface area contributed by atoms with Crippen molar-refractivity contribution in [3.63, 3.8) is 0 Å². The van der Waals surface area contributed by atoms with Gasteiger partial charge in [-0.2, -0.15) is 0 Å². The lowest BCUT2D eigenvalue weighted by atomic mass is 10.1. The van der Waals surface area contributed by atoms with Crippen LogP contribution in [0.1, 0.15) is 29.1 Å². The Morgan fingerprint density at radius 2 is 2.04 bits per heavy atom. The van der Waals surface area contributed by atoms with E-state index in [1.807, 2.05) is 25.1 Å². The first-order chi connectivity index (χ1) is 11.6. The summed E-state index contributed by atoms with van der Waals surface area (Å²) >= 11 is 0. The lowest BCUT2D eigenvalue weighted by molar-refractivity contribution is 0.0749. The fourth-order valence-electron chi connectivity index (χ4n) is 2.50. The molecule has 0 bridgehead atoms. The van der Waals surface area contributed by atoms with Crippen LogP contribution >= 0.6 is 0 Å². The zero-order valence-electron chi connectivity index (χ0n) is 13.7. The monoisotopic (exact) mass is 325 g/mol. The Kier molecular flexibility index (Phi) is 4.42. The highest BCUT2D eigenvalue weighted by Gasteiger charge is 2.29. The molecule has 1 atom stereocenters. The minimum Gasteiger partial charge on any atom is -0.493 e. The Labute approximate surface area is 140 Å². The molecular formula is C19H19NO4. The summed E-state index contributed by atoms with van der Waals surface area (Å²) in [5.74, 6) is 1.47. The normalized spacial score (nSPS) is 15.8. The molecule has 5 heteroatoms. The van der Waals surface area contributed by atoms with Crippen molar-refractivity contribution >= 4 is 5.91 Å². The molecule has 1 aliphatic heterocycles. The molecule has 1 N–H and O–H groups in total. The number of hydrogen-bond donors (Lipinski definition) is 1. The highest BCUT2D eigenvalue weighted by atomic mass is 16.5. The Morgan fingerprint density at radius 3 is 2.79 bits per heavy atom. The molecule has 0 aliphatic carbocycles. The number of fused-ring (bicyclic) bond motifs is 1. The molecule has 0 saturated carbocycles.